The molecular formula is C13H14F3N3S. The molecule has 2 aromatic heterocycles. The van der Waals surface area contributed by atoms with Crippen LogP contribution in [0.2, 0.25) is 0 Å². The first-order chi connectivity index (χ1) is 9.38. The molecule has 0 aliphatic rings. The highest BCUT2D eigenvalue weighted by atomic mass is 32.1. The topological polar surface area (TPSA) is 42.2 Å². The van der Waals surface area contributed by atoms with Crippen LogP contribution in [0.5, 0.6) is 0 Å². The Kier molecular flexibility index (Phi) is 4.17. The van der Waals surface area contributed by atoms with E-state index in [1.807, 2.05) is 17.5 Å². The molecule has 0 saturated heterocycles. The van der Waals surface area contributed by atoms with E-state index in [9.17, 15) is 13.2 Å². The second-order valence-electron chi connectivity index (χ2n) is 4.38. The summed E-state index contributed by atoms with van der Waals surface area (Å²) in [4.78, 5) is 6.22. The number of nitrogen functional groups attached to an aromatic ring is 1. The van der Waals surface area contributed by atoms with Crippen molar-refractivity contribution in [3.8, 4) is 0 Å². The summed E-state index contributed by atoms with van der Waals surface area (Å²) in [5.41, 5.74) is 5.38. The molecule has 0 spiro atoms. The minimum Gasteiger partial charge on any atom is -0.396 e. The molecule has 2 heterocycles. The number of anilines is 2. The molecule has 7 heteroatoms. The number of thiophene rings is 1. The third-order valence-electron chi connectivity index (χ3n) is 2.89. The standard InChI is InChI=1S/C13H14F3N3S/c1-19(5-4-9-3-2-6-20-9)11-7-12(13(14,15)16)18-8-10(11)17/h2-3,6-8H,4-5,17H2,1H3. The van der Waals surface area contributed by atoms with Crippen molar-refractivity contribution in [2.24, 2.45) is 0 Å². The maximum absolute atomic E-state index is 12.7. The van der Waals surface area contributed by atoms with Gasteiger partial charge in [-0.2, -0.15) is 13.2 Å². The number of alkyl halides is 3. The Morgan fingerprint density at radius 1 is 1.40 bits per heavy atom. The Morgan fingerprint density at radius 3 is 2.75 bits per heavy atom. The van der Waals surface area contributed by atoms with E-state index < -0.39 is 11.9 Å². The first-order valence-electron chi connectivity index (χ1n) is 5.94. The lowest BCUT2D eigenvalue weighted by molar-refractivity contribution is -0.141. The van der Waals surface area contributed by atoms with Crippen molar-refractivity contribution < 1.29 is 13.2 Å². The molecule has 0 saturated carbocycles. The second-order valence-corrected chi connectivity index (χ2v) is 5.41. The molecule has 108 valence electrons. The van der Waals surface area contributed by atoms with E-state index in [1.54, 1.807) is 23.3 Å². The largest absolute Gasteiger partial charge is 0.433 e. The Morgan fingerprint density at radius 2 is 2.15 bits per heavy atom. The van der Waals surface area contributed by atoms with Gasteiger partial charge in [-0.1, -0.05) is 6.07 Å². The number of likely N-dealkylation sites (N-methyl/N-ethyl adjacent to an activating group) is 1. The molecule has 3 nitrogen and oxygen atoms in total. The van der Waals surface area contributed by atoms with E-state index in [0.29, 0.717) is 12.2 Å². The van der Waals surface area contributed by atoms with Gasteiger partial charge in [-0.25, -0.2) is 4.98 Å². The molecule has 0 fully saturated rings. The van der Waals surface area contributed by atoms with Gasteiger partial charge in [0.1, 0.15) is 5.69 Å². The fraction of sp³-hybridized carbons (Fsp3) is 0.308. The molecule has 2 aromatic rings. The van der Waals surface area contributed by atoms with Crippen molar-refractivity contribution in [3.05, 3.63) is 40.3 Å². The van der Waals surface area contributed by atoms with Gasteiger partial charge in [0.15, 0.2) is 0 Å². The van der Waals surface area contributed by atoms with Gasteiger partial charge < -0.3 is 10.6 Å². The monoisotopic (exact) mass is 301 g/mol. The fourth-order valence-electron chi connectivity index (χ4n) is 1.79. The van der Waals surface area contributed by atoms with Crippen LogP contribution in [0.4, 0.5) is 24.5 Å². The van der Waals surface area contributed by atoms with Crippen LogP contribution in [-0.4, -0.2) is 18.6 Å². The number of aromatic nitrogens is 1. The maximum Gasteiger partial charge on any atom is 0.433 e. The number of nitrogens with zero attached hydrogens (tertiary/aromatic N) is 2. The van der Waals surface area contributed by atoms with Crippen molar-refractivity contribution in [1.82, 2.24) is 4.98 Å². The molecule has 0 aliphatic carbocycles. The van der Waals surface area contributed by atoms with E-state index in [1.165, 1.54) is 4.88 Å². The summed E-state index contributed by atoms with van der Waals surface area (Å²) in [6, 6.07) is 4.93. The number of hydrogen-bond donors (Lipinski definition) is 1. The normalized spacial score (nSPS) is 11.6. The minimum absolute atomic E-state index is 0.242. The van der Waals surface area contributed by atoms with Gasteiger partial charge in [0.25, 0.3) is 0 Å². The van der Waals surface area contributed by atoms with E-state index in [4.69, 9.17) is 5.73 Å². The van der Waals surface area contributed by atoms with Crippen LogP contribution in [0, 0.1) is 0 Å². The zero-order chi connectivity index (χ0) is 14.8. The summed E-state index contributed by atoms with van der Waals surface area (Å²) in [5.74, 6) is 0. The van der Waals surface area contributed by atoms with Crippen LogP contribution >= 0.6 is 11.3 Å². The summed E-state index contributed by atoms with van der Waals surface area (Å²) >= 11 is 1.62. The zero-order valence-corrected chi connectivity index (χ0v) is 11.6. The molecule has 0 unspecified atom stereocenters. The highest BCUT2D eigenvalue weighted by Crippen LogP contribution is 2.32. The van der Waals surface area contributed by atoms with Crippen molar-refractivity contribution >= 4 is 22.7 Å². The average Bonchev–Trinajstić information content (AvgIpc) is 2.88. The first kappa shape index (κ1) is 14.6. The summed E-state index contributed by atoms with van der Waals surface area (Å²) in [6.45, 7) is 0.589. The summed E-state index contributed by atoms with van der Waals surface area (Å²) < 4.78 is 38.0. The number of pyridine rings is 1. The Labute approximate surface area is 118 Å². The summed E-state index contributed by atoms with van der Waals surface area (Å²) in [6.07, 6.45) is -2.64. The third-order valence-corrected chi connectivity index (χ3v) is 3.82. The molecule has 2 N–H and O–H groups in total. The smallest absolute Gasteiger partial charge is 0.396 e. The molecule has 0 aromatic carbocycles. The molecule has 0 aliphatic heterocycles. The second kappa shape index (κ2) is 5.70. The lowest BCUT2D eigenvalue weighted by atomic mass is 10.2. The lowest BCUT2D eigenvalue weighted by Gasteiger charge is -2.21. The number of rotatable bonds is 4. The van der Waals surface area contributed by atoms with Gasteiger partial charge in [0.05, 0.1) is 17.6 Å². The molecule has 2 rings (SSSR count). The lowest BCUT2D eigenvalue weighted by Crippen LogP contribution is -2.22. The molecule has 0 radical (unpaired) electrons. The molecule has 20 heavy (non-hydrogen) atoms. The number of halogens is 3. The quantitative estimate of drug-likeness (QED) is 0.941. The highest BCUT2D eigenvalue weighted by molar-refractivity contribution is 7.09. The van der Waals surface area contributed by atoms with Gasteiger partial charge in [0, 0.05) is 18.5 Å². The van der Waals surface area contributed by atoms with Crippen molar-refractivity contribution in [2.75, 3.05) is 24.2 Å². The van der Waals surface area contributed by atoms with Crippen LogP contribution in [0.1, 0.15) is 10.6 Å². The van der Waals surface area contributed by atoms with Gasteiger partial charge in [-0.05, 0) is 23.9 Å². The molecule has 0 amide bonds. The average molecular weight is 301 g/mol. The van der Waals surface area contributed by atoms with E-state index in [0.717, 1.165) is 18.7 Å². The maximum atomic E-state index is 12.7. The summed E-state index contributed by atoms with van der Waals surface area (Å²) in [5, 5.41) is 1.97. The van der Waals surface area contributed by atoms with Crippen LogP contribution in [-0.2, 0) is 12.6 Å². The predicted molar refractivity (Wildman–Crippen MR) is 74.9 cm³/mol. The Bertz CT molecular complexity index is 567. The predicted octanol–water partition coefficient (Wildman–Crippen LogP) is 3.42. The van der Waals surface area contributed by atoms with Gasteiger partial charge in [-0.3, -0.25) is 0 Å². The Hall–Kier alpha value is -1.76. The first-order valence-corrected chi connectivity index (χ1v) is 6.82. The minimum atomic E-state index is -4.46. The Balaban J connectivity index is 2.14. The fourth-order valence-corrected chi connectivity index (χ4v) is 2.49. The van der Waals surface area contributed by atoms with Crippen LogP contribution in [0.3, 0.4) is 0 Å². The zero-order valence-electron chi connectivity index (χ0n) is 10.8. The third kappa shape index (κ3) is 3.41. The van der Waals surface area contributed by atoms with Gasteiger partial charge >= 0.3 is 6.18 Å². The molecule has 0 atom stereocenters. The van der Waals surface area contributed by atoms with Crippen LogP contribution < -0.4 is 10.6 Å². The number of hydrogen-bond acceptors (Lipinski definition) is 4. The van der Waals surface area contributed by atoms with Crippen LogP contribution in [0.25, 0.3) is 0 Å². The molecular weight excluding hydrogens is 287 g/mol. The van der Waals surface area contributed by atoms with Crippen molar-refractivity contribution in [2.45, 2.75) is 12.6 Å². The van der Waals surface area contributed by atoms with Crippen LogP contribution in [0.15, 0.2) is 29.8 Å². The number of nitrogens with two attached hydrogens (primary N) is 1. The van der Waals surface area contributed by atoms with Crippen molar-refractivity contribution in [1.29, 1.82) is 0 Å². The SMILES string of the molecule is CN(CCc1cccs1)c1cc(C(F)(F)F)ncc1N. The van der Waals surface area contributed by atoms with Gasteiger partial charge in [-0.15, -0.1) is 11.3 Å². The van der Waals surface area contributed by atoms with Gasteiger partial charge in [0.2, 0.25) is 0 Å². The van der Waals surface area contributed by atoms with Crippen molar-refractivity contribution in [3.63, 3.8) is 0 Å². The molecule has 0 bridgehead atoms. The van der Waals surface area contributed by atoms with E-state index in [2.05, 4.69) is 4.98 Å². The summed E-state index contributed by atoms with van der Waals surface area (Å²) in [7, 11) is 1.72. The highest BCUT2D eigenvalue weighted by Gasteiger charge is 2.33. The van der Waals surface area contributed by atoms with E-state index >= 15 is 0 Å². The van der Waals surface area contributed by atoms with E-state index in [-0.39, 0.29) is 5.69 Å².